The predicted molar refractivity (Wildman–Crippen MR) is 80.7 cm³/mol. The van der Waals surface area contributed by atoms with Crippen molar-refractivity contribution in [2.24, 2.45) is 0 Å². The van der Waals surface area contributed by atoms with Crippen LogP contribution in [0.1, 0.15) is 18.5 Å². The lowest BCUT2D eigenvalue weighted by atomic mass is 10.00. The number of carboxylic acid groups (broad SMARTS) is 1. The van der Waals surface area contributed by atoms with Gasteiger partial charge < -0.3 is 10.0 Å². The van der Waals surface area contributed by atoms with Crippen molar-refractivity contribution in [2.75, 3.05) is 6.54 Å². The number of carbonyl (C=O) groups is 2. The van der Waals surface area contributed by atoms with Crippen LogP contribution in [0.3, 0.4) is 0 Å². The van der Waals surface area contributed by atoms with Crippen LogP contribution < -0.4 is 0 Å². The van der Waals surface area contributed by atoms with E-state index in [1.807, 2.05) is 42.5 Å². The van der Waals surface area contributed by atoms with Crippen molar-refractivity contribution in [1.82, 2.24) is 4.90 Å². The molecule has 0 fully saturated rings. The van der Waals surface area contributed by atoms with Gasteiger partial charge in [-0.2, -0.15) is 0 Å². The first-order valence-corrected chi connectivity index (χ1v) is 6.76. The van der Waals surface area contributed by atoms with Crippen molar-refractivity contribution in [1.29, 1.82) is 0 Å². The summed E-state index contributed by atoms with van der Waals surface area (Å²) in [5.41, 5.74) is 2.67. The molecule has 21 heavy (non-hydrogen) atoms. The summed E-state index contributed by atoms with van der Waals surface area (Å²) in [5.74, 6) is -1.03. The summed E-state index contributed by atoms with van der Waals surface area (Å²) in [4.78, 5) is 23.7. The van der Waals surface area contributed by atoms with Gasteiger partial charge in [0.15, 0.2) is 6.04 Å². The van der Waals surface area contributed by atoms with Crippen LogP contribution in [0.5, 0.6) is 0 Å². The Labute approximate surface area is 123 Å². The molecule has 1 unspecified atom stereocenters. The Kier molecular flexibility index (Phi) is 4.72. The smallest absolute Gasteiger partial charge is 0.331 e. The van der Waals surface area contributed by atoms with Gasteiger partial charge in [-0.05, 0) is 23.6 Å². The van der Waals surface area contributed by atoms with E-state index in [4.69, 9.17) is 0 Å². The zero-order chi connectivity index (χ0) is 15.2. The number of carboxylic acids is 1. The van der Waals surface area contributed by atoms with E-state index >= 15 is 0 Å². The van der Waals surface area contributed by atoms with Crippen molar-refractivity contribution < 1.29 is 14.7 Å². The summed E-state index contributed by atoms with van der Waals surface area (Å²) in [7, 11) is 0. The molecule has 1 atom stereocenters. The van der Waals surface area contributed by atoms with Gasteiger partial charge in [-0.3, -0.25) is 4.79 Å². The van der Waals surface area contributed by atoms with Gasteiger partial charge in [-0.15, -0.1) is 0 Å². The Morgan fingerprint density at radius 2 is 1.67 bits per heavy atom. The number of amides is 1. The van der Waals surface area contributed by atoms with E-state index in [9.17, 15) is 14.7 Å². The molecule has 4 heteroatoms. The summed E-state index contributed by atoms with van der Waals surface area (Å²) < 4.78 is 0. The van der Waals surface area contributed by atoms with Crippen molar-refractivity contribution in [3.8, 4) is 11.1 Å². The van der Waals surface area contributed by atoms with Crippen LogP contribution in [0, 0.1) is 0 Å². The maximum atomic E-state index is 11.4. The van der Waals surface area contributed by atoms with Gasteiger partial charge in [0.05, 0.1) is 0 Å². The first-order chi connectivity index (χ1) is 10.2. The Bertz CT molecular complexity index is 608. The van der Waals surface area contributed by atoms with Gasteiger partial charge in [-0.25, -0.2) is 4.79 Å². The van der Waals surface area contributed by atoms with Crippen molar-refractivity contribution in [3.05, 3.63) is 60.2 Å². The van der Waals surface area contributed by atoms with E-state index in [1.54, 1.807) is 19.1 Å². The van der Waals surface area contributed by atoms with Crippen LogP contribution in [-0.4, -0.2) is 28.9 Å². The van der Waals surface area contributed by atoms with Gasteiger partial charge in [0.2, 0.25) is 6.41 Å². The zero-order valence-electron chi connectivity index (χ0n) is 11.8. The average molecular weight is 283 g/mol. The number of likely N-dealkylation sites (N-methyl/N-ethyl adjacent to an activating group) is 1. The average Bonchev–Trinajstić information content (AvgIpc) is 2.53. The van der Waals surface area contributed by atoms with E-state index in [2.05, 4.69) is 0 Å². The second kappa shape index (κ2) is 6.70. The van der Waals surface area contributed by atoms with E-state index in [-0.39, 0.29) is 0 Å². The van der Waals surface area contributed by atoms with Gasteiger partial charge in [0, 0.05) is 6.54 Å². The molecular weight excluding hydrogens is 266 g/mol. The molecule has 0 saturated heterocycles. The molecule has 0 heterocycles. The van der Waals surface area contributed by atoms with Crippen LogP contribution in [-0.2, 0) is 9.59 Å². The second-order valence-corrected chi connectivity index (χ2v) is 4.66. The minimum atomic E-state index is -1.03. The predicted octanol–water partition coefficient (Wildman–Crippen LogP) is 2.96. The first-order valence-electron chi connectivity index (χ1n) is 6.76. The van der Waals surface area contributed by atoms with Gasteiger partial charge in [-0.1, -0.05) is 54.6 Å². The number of hydrogen-bond donors (Lipinski definition) is 1. The lowest BCUT2D eigenvalue weighted by molar-refractivity contribution is -0.146. The zero-order valence-corrected chi connectivity index (χ0v) is 11.8. The maximum Gasteiger partial charge on any atom is 0.331 e. The normalized spacial score (nSPS) is 11.7. The third kappa shape index (κ3) is 3.28. The van der Waals surface area contributed by atoms with Crippen LogP contribution in [0.4, 0.5) is 0 Å². The molecule has 0 aliphatic carbocycles. The fraction of sp³-hybridized carbons (Fsp3) is 0.176. The molecule has 108 valence electrons. The van der Waals surface area contributed by atoms with E-state index in [0.717, 1.165) is 11.1 Å². The molecule has 2 aromatic rings. The highest BCUT2D eigenvalue weighted by molar-refractivity contribution is 5.78. The second-order valence-electron chi connectivity index (χ2n) is 4.66. The van der Waals surface area contributed by atoms with Crippen LogP contribution in [0.15, 0.2) is 54.6 Å². The Balaban J connectivity index is 2.32. The van der Waals surface area contributed by atoms with Gasteiger partial charge in [0.25, 0.3) is 0 Å². The number of aliphatic carboxylic acids is 1. The molecule has 0 aromatic heterocycles. The number of rotatable bonds is 6. The van der Waals surface area contributed by atoms with Gasteiger partial charge in [0.1, 0.15) is 0 Å². The standard InChI is InChI=1S/C17H17NO3/c1-2-18(12-19)16(17(20)21)15-10-8-14(9-11-15)13-6-4-3-5-7-13/h3-12,16H,2H2,1H3,(H,20,21). The third-order valence-electron chi connectivity index (χ3n) is 3.40. The summed E-state index contributed by atoms with van der Waals surface area (Å²) >= 11 is 0. The molecule has 0 aliphatic heterocycles. The van der Waals surface area contributed by atoms with Crippen molar-refractivity contribution >= 4 is 12.4 Å². The lowest BCUT2D eigenvalue weighted by Crippen LogP contribution is -2.32. The molecule has 0 radical (unpaired) electrons. The van der Waals surface area contributed by atoms with Crippen LogP contribution in [0.2, 0.25) is 0 Å². The Morgan fingerprint density at radius 3 is 2.14 bits per heavy atom. The largest absolute Gasteiger partial charge is 0.479 e. The molecule has 0 bridgehead atoms. The molecule has 1 amide bonds. The summed E-state index contributed by atoms with van der Waals surface area (Å²) in [5, 5.41) is 9.35. The number of hydrogen-bond acceptors (Lipinski definition) is 2. The Morgan fingerprint density at radius 1 is 1.10 bits per heavy atom. The number of nitrogens with zero attached hydrogens (tertiary/aromatic N) is 1. The highest BCUT2D eigenvalue weighted by Crippen LogP contribution is 2.24. The molecule has 4 nitrogen and oxygen atoms in total. The summed E-state index contributed by atoms with van der Waals surface area (Å²) in [6.07, 6.45) is 0.573. The number of carbonyl (C=O) groups excluding carboxylic acids is 1. The molecular formula is C17H17NO3. The SMILES string of the molecule is CCN(C=O)C(C(=O)O)c1ccc(-c2ccccc2)cc1. The summed E-state index contributed by atoms with van der Waals surface area (Å²) in [6, 6.07) is 16.2. The van der Waals surface area contributed by atoms with E-state index in [1.165, 1.54) is 4.90 Å². The molecule has 0 spiro atoms. The van der Waals surface area contributed by atoms with Crippen LogP contribution >= 0.6 is 0 Å². The monoisotopic (exact) mass is 283 g/mol. The molecule has 2 rings (SSSR count). The first kappa shape index (κ1) is 14.8. The number of benzene rings is 2. The van der Waals surface area contributed by atoms with E-state index < -0.39 is 12.0 Å². The highest BCUT2D eigenvalue weighted by Gasteiger charge is 2.25. The fourth-order valence-corrected chi connectivity index (χ4v) is 2.28. The lowest BCUT2D eigenvalue weighted by Gasteiger charge is -2.24. The van der Waals surface area contributed by atoms with E-state index in [0.29, 0.717) is 18.5 Å². The van der Waals surface area contributed by atoms with Crippen LogP contribution in [0.25, 0.3) is 11.1 Å². The maximum absolute atomic E-state index is 11.4. The fourth-order valence-electron chi connectivity index (χ4n) is 2.28. The molecule has 1 N–H and O–H groups in total. The van der Waals surface area contributed by atoms with Crippen molar-refractivity contribution in [3.63, 3.8) is 0 Å². The van der Waals surface area contributed by atoms with Gasteiger partial charge >= 0.3 is 5.97 Å². The quantitative estimate of drug-likeness (QED) is 0.829. The summed E-state index contributed by atoms with van der Waals surface area (Å²) in [6.45, 7) is 2.10. The molecule has 2 aromatic carbocycles. The van der Waals surface area contributed by atoms with Crippen molar-refractivity contribution in [2.45, 2.75) is 13.0 Å². The minimum Gasteiger partial charge on any atom is -0.479 e. The topological polar surface area (TPSA) is 57.6 Å². The Hall–Kier alpha value is -2.62. The molecule has 0 aliphatic rings. The third-order valence-corrected chi connectivity index (χ3v) is 3.40. The molecule has 0 saturated carbocycles. The minimum absolute atomic E-state index is 0.348. The highest BCUT2D eigenvalue weighted by atomic mass is 16.4.